The van der Waals surface area contributed by atoms with E-state index in [1.54, 1.807) is 6.92 Å². The molecule has 0 fully saturated rings. The second-order valence-electron chi connectivity index (χ2n) is 3.50. The van der Waals surface area contributed by atoms with Crippen LogP contribution in [-0.2, 0) is 0 Å². The van der Waals surface area contributed by atoms with Gasteiger partial charge in [0, 0.05) is 6.54 Å². The molecule has 1 N–H and O–H groups in total. The summed E-state index contributed by atoms with van der Waals surface area (Å²) < 4.78 is 0. The molecule has 0 saturated carbocycles. The summed E-state index contributed by atoms with van der Waals surface area (Å²) in [5.41, 5.74) is 0.515. The van der Waals surface area contributed by atoms with Crippen LogP contribution < -0.4 is 10.4 Å². The summed E-state index contributed by atoms with van der Waals surface area (Å²) in [4.78, 5) is 14.9. The Bertz CT molecular complexity index is 334. The molecule has 0 aromatic carbocycles. The molecule has 1 rings (SSSR count). The lowest BCUT2D eigenvalue weighted by Crippen LogP contribution is -2.21. The number of aromatic nitrogens is 1. The van der Waals surface area contributed by atoms with Gasteiger partial charge < -0.3 is 15.2 Å². The van der Waals surface area contributed by atoms with Crippen molar-refractivity contribution < 1.29 is 9.90 Å². The molecule has 0 aliphatic heterocycles. The zero-order valence-electron chi connectivity index (χ0n) is 8.46. The molecule has 0 amide bonds. The maximum Gasteiger partial charge on any atom is 0.183 e. The van der Waals surface area contributed by atoms with Crippen molar-refractivity contribution in [3.63, 3.8) is 0 Å². The average Bonchev–Trinajstić information content (AvgIpc) is 2.43. The molecule has 0 radical (unpaired) electrons. The molecule has 0 aliphatic carbocycles. The maximum atomic E-state index is 10.6. The minimum absolute atomic E-state index is 0.205. The number of carboxylic acid groups (broad SMARTS) is 1. The SMILES string of the molecule is Cc1nc(NCC(C)C)sc1C(=O)[O-]. The molecular formula is C9H13N2O2S-. The average molecular weight is 213 g/mol. The Labute approximate surface area is 87.0 Å². The fraction of sp³-hybridized carbons (Fsp3) is 0.556. The van der Waals surface area contributed by atoms with E-state index in [1.165, 1.54) is 0 Å². The highest BCUT2D eigenvalue weighted by atomic mass is 32.1. The molecular weight excluding hydrogens is 200 g/mol. The first kappa shape index (κ1) is 11.0. The van der Waals surface area contributed by atoms with E-state index in [4.69, 9.17) is 0 Å². The molecule has 5 heteroatoms. The third-order valence-corrected chi connectivity index (χ3v) is 2.74. The van der Waals surface area contributed by atoms with Crippen LogP contribution in [0, 0.1) is 12.8 Å². The van der Waals surface area contributed by atoms with Gasteiger partial charge in [-0.25, -0.2) is 4.98 Å². The first-order valence-corrected chi connectivity index (χ1v) is 5.25. The number of aromatic carboxylic acids is 1. The quantitative estimate of drug-likeness (QED) is 0.806. The van der Waals surface area contributed by atoms with Crippen LogP contribution >= 0.6 is 11.3 Å². The number of rotatable bonds is 4. The third kappa shape index (κ3) is 2.70. The molecule has 0 unspecified atom stereocenters. The van der Waals surface area contributed by atoms with E-state index in [9.17, 15) is 9.90 Å². The van der Waals surface area contributed by atoms with E-state index in [0.29, 0.717) is 16.7 Å². The van der Waals surface area contributed by atoms with E-state index < -0.39 is 5.97 Å². The van der Waals surface area contributed by atoms with Crippen molar-refractivity contribution >= 4 is 22.4 Å². The Morgan fingerprint density at radius 1 is 1.64 bits per heavy atom. The summed E-state index contributed by atoms with van der Waals surface area (Å²) in [5, 5.41) is 14.3. The van der Waals surface area contributed by atoms with Crippen LogP contribution in [0.5, 0.6) is 0 Å². The van der Waals surface area contributed by atoms with E-state index in [1.807, 2.05) is 0 Å². The van der Waals surface area contributed by atoms with Gasteiger partial charge in [-0.15, -0.1) is 0 Å². The monoisotopic (exact) mass is 213 g/mol. The Morgan fingerprint density at radius 2 is 2.29 bits per heavy atom. The highest BCUT2D eigenvalue weighted by molar-refractivity contribution is 7.17. The molecule has 78 valence electrons. The third-order valence-electron chi connectivity index (χ3n) is 1.64. The van der Waals surface area contributed by atoms with E-state index >= 15 is 0 Å². The van der Waals surface area contributed by atoms with Crippen molar-refractivity contribution in [2.45, 2.75) is 20.8 Å². The number of aryl methyl sites for hydroxylation is 1. The topological polar surface area (TPSA) is 65.0 Å². The summed E-state index contributed by atoms with van der Waals surface area (Å²) in [6, 6.07) is 0. The normalized spacial score (nSPS) is 10.6. The van der Waals surface area contributed by atoms with Gasteiger partial charge in [0.05, 0.1) is 16.5 Å². The first-order chi connectivity index (χ1) is 6.50. The van der Waals surface area contributed by atoms with Gasteiger partial charge in [0.1, 0.15) is 0 Å². The summed E-state index contributed by atoms with van der Waals surface area (Å²) in [7, 11) is 0. The number of carbonyl (C=O) groups is 1. The first-order valence-electron chi connectivity index (χ1n) is 4.43. The van der Waals surface area contributed by atoms with Crippen LogP contribution in [0.2, 0.25) is 0 Å². The van der Waals surface area contributed by atoms with Crippen LogP contribution in [0.25, 0.3) is 0 Å². The number of hydrogen-bond donors (Lipinski definition) is 1. The van der Waals surface area contributed by atoms with Crippen LogP contribution in [0.1, 0.15) is 29.2 Å². The second kappa shape index (κ2) is 4.41. The lowest BCUT2D eigenvalue weighted by Gasteiger charge is -2.04. The highest BCUT2D eigenvalue weighted by Crippen LogP contribution is 2.21. The van der Waals surface area contributed by atoms with Crippen molar-refractivity contribution in [1.29, 1.82) is 0 Å². The number of nitrogens with zero attached hydrogens (tertiary/aromatic N) is 1. The van der Waals surface area contributed by atoms with Crippen LogP contribution in [0.15, 0.2) is 0 Å². The fourth-order valence-corrected chi connectivity index (χ4v) is 1.76. The Morgan fingerprint density at radius 3 is 2.71 bits per heavy atom. The predicted octanol–water partition coefficient (Wildman–Crippen LogP) is 0.883. The molecule has 14 heavy (non-hydrogen) atoms. The zero-order valence-corrected chi connectivity index (χ0v) is 9.27. The Kier molecular flexibility index (Phi) is 3.46. The zero-order chi connectivity index (χ0) is 10.7. The van der Waals surface area contributed by atoms with Crippen LogP contribution in [-0.4, -0.2) is 17.5 Å². The minimum Gasteiger partial charge on any atom is -0.544 e. The van der Waals surface area contributed by atoms with Crippen molar-refractivity contribution in [2.24, 2.45) is 5.92 Å². The lowest BCUT2D eigenvalue weighted by atomic mass is 10.2. The maximum absolute atomic E-state index is 10.6. The number of carboxylic acids is 1. The van der Waals surface area contributed by atoms with Gasteiger partial charge in [0.2, 0.25) is 0 Å². The number of thiazole rings is 1. The number of hydrogen-bond acceptors (Lipinski definition) is 5. The number of carbonyl (C=O) groups excluding carboxylic acids is 1. The minimum atomic E-state index is -1.16. The standard InChI is InChI=1S/C9H14N2O2S/c1-5(2)4-10-9-11-6(3)7(14-9)8(12)13/h5H,4H2,1-3H3,(H,10,11)(H,12,13)/p-1. The van der Waals surface area contributed by atoms with Gasteiger partial charge in [0.25, 0.3) is 0 Å². The van der Waals surface area contributed by atoms with Crippen molar-refractivity contribution in [1.82, 2.24) is 4.98 Å². The molecule has 4 nitrogen and oxygen atoms in total. The van der Waals surface area contributed by atoms with Gasteiger partial charge in [-0.05, 0) is 12.8 Å². The van der Waals surface area contributed by atoms with E-state index in [-0.39, 0.29) is 4.88 Å². The van der Waals surface area contributed by atoms with Crippen LogP contribution in [0.4, 0.5) is 5.13 Å². The highest BCUT2D eigenvalue weighted by Gasteiger charge is 2.07. The molecule has 0 saturated heterocycles. The fourth-order valence-electron chi connectivity index (χ4n) is 0.953. The molecule has 1 heterocycles. The van der Waals surface area contributed by atoms with E-state index in [0.717, 1.165) is 17.9 Å². The van der Waals surface area contributed by atoms with Gasteiger partial charge in [-0.1, -0.05) is 25.2 Å². The predicted molar refractivity (Wildman–Crippen MR) is 54.5 cm³/mol. The molecule has 0 atom stereocenters. The smallest absolute Gasteiger partial charge is 0.183 e. The summed E-state index contributed by atoms with van der Waals surface area (Å²) in [6.07, 6.45) is 0. The largest absolute Gasteiger partial charge is 0.544 e. The van der Waals surface area contributed by atoms with Gasteiger partial charge >= 0.3 is 0 Å². The Hall–Kier alpha value is -1.10. The number of nitrogens with one attached hydrogen (secondary N) is 1. The molecule has 0 bridgehead atoms. The second-order valence-corrected chi connectivity index (χ2v) is 4.49. The van der Waals surface area contributed by atoms with Gasteiger partial charge in [0.15, 0.2) is 5.13 Å². The molecule has 0 spiro atoms. The number of anilines is 1. The van der Waals surface area contributed by atoms with Gasteiger partial charge in [-0.2, -0.15) is 0 Å². The van der Waals surface area contributed by atoms with Crippen molar-refractivity contribution in [3.05, 3.63) is 10.6 Å². The van der Waals surface area contributed by atoms with Crippen LogP contribution in [0.3, 0.4) is 0 Å². The molecule has 0 aliphatic rings. The molecule has 1 aromatic rings. The van der Waals surface area contributed by atoms with E-state index in [2.05, 4.69) is 24.1 Å². The summed E-state index contributed by atoms with van der Waals surface area (Å²) in [6.45, 7) is 6.61. The summed E-state index contributed by atoms with van der Waals surface area (Å²) in [5.74, 6) is -0.650. The molecule has 1 aromatic heterocycles. The van der Waals surface area contributed by atoms with Crippen molar-refractivity contribution in [3.8, 4) is 0 Å². The summed E-state index contributed by atoms with van der Waals surface area (Å²) >= 11 is 1.13. The van der Waals surface area contributed by atoms with Crippen molar-refractivity contribution in [2.75, 3.05) is 11.9 Å². The Balaban J connectivity index is 2.71. The van der Waals surface area contributed by atoms with Gasteiger partial charge in [-0.3, -0.25) is 0 Å². The lowest BCUT2D eigenvalue weighted by molar-refractivity contribution is -0.254.